The second kappa shape index (κ2) is 4.35. The van der Waals surface area contributed by atoms with Crippen molar-refractivity contribution in [1.29, 1.82) is 0 Å². The van der Waals surface area contributed by atoms with E-state index in [0.717, 1.165) is 29.1 Å². The van der Waals surface area contributed by atoms with E-state index in [2.05, 4.69) is 27.6 Å². The van der Waals surface area contributed by atoms with Gasteiger partial charge in [0.05, 0.1) is 5.39 Å². The molecule has 1 aliphatic rings. The van der Waals surface area contributed by atoms with Gasteiger partial charge in [-0.15, -0.1) is 27.8 Å². The lowest BCUT2D eigenvalue weighted by Crippen LogP contribution is -1.91. The van der Waals surface area contributed by atoms with Crippen molar-refractivity contribution in [1.82, 2.24) is 19.6 Å². The number of fused-ring (bicyclic) bond motifs is 5. The molecular weight excluding hydrogens is 300 g/mol. The molecule has 21 heavy (non-hydrogen) atoms. The smallest absolute Gasteiger partial charge is 0.167 e. The van der Waals surface area contributed by atoms with Gasteiger partial charge in [0.15, 0.2) is 11.5 Å². The normalized spacial score (nSPS) is 14.3. The van der Waals surface area contributed by atoms with Gasteiger partial charge in [-0.05, 0) is 36.3 Å². The number of aryl methyl sites for hydroxylation is 2. The maximum atomic E-state index is 4.79. The Labute approximate surface area is 129 Å². The average Bonchev–Trinajstić information content (AvgIpc) is 3.20. The lowest BCUT2D eigenvalue weighted by molar-refractivity contribution is 0.887. The molecule has 4 nitrogen and oxygen atoms in total. The highest BCUT2D eigenvalue weighted by Gasteiger charge is 2.21. The second-order valence-electron chi connectivity index (χ2n) is 5.33. The Kier molecular flexibility index (Phi) is 2.45. The van der Waals surface area contributed by atoms with Crippen molar-refractivity contribution in [3.63, 3.8) is 0 Å². The van der Waals surface area contributed by atoms with Crippen LogP contribution in [0, 0.1) is 0 Å². The third-order valence-electron chi connectivity index (χ3n) is 4.00. The fraction of sp³-hybridized carbons (Fsp3) is 0.267. The molecule has 0 N–H and O–H groups in total. The lowest BCUT2D eigenvalue weighted by atomic mass is 10.2. The summed E-state index contributed by atoms with van der Waals surface area (Å²) >= 11 is 3.58. The number of hydrogen-bond donors (Lipinski definition) is 0. The van der Waals surface area contributed by atoms with Crippen molar-refractivity contribution in [2.75, 3.05) is 0 Å². The van der Waals surface area contributed by atoms with E-state index in [1.165, 1.54) is 33.5 Å². The molecule has 4 aromatic heterocycles. The molecule has 4 heterocycles. The highest BCUT2D eigenvalue weighted by Crippen LogP contribution is 2.37. The molecule has 1 aliphatic carbocycles. The van der Waals surface area contributed by atoms with Gasteiger partial charge in [-0.2, -0.15) is 0 Å². The van der Waals surface area contributed by atoms with Crippen LogP contribution in [0.5, 0.6) is 0 Å². The maximum Gasteiger partial charge on any atom is 0.167 e. The van der Waals surface area contributed by atoms with Crippen LogP contribution in [0.1, 0.15) is 27.6 Å². The summed E-state index contributed by atoms with van der Waals surface area (Å²) in [6, 6.07) is 4.20. The molecule has 0 spiro atoms. The summed E-state index contributed by atoms with van der Waals surface area (Å²) in [5.74, 6) is 0.879. The Balaban J connectivity index is 1.72. The Morgan fingerprint density at radius 2 is 2.29 bits per heavy atom. The fourth-order valence-corrected chi connectivity index (χ4v) is 5.01. The Morgan fingerprint density at radius 3 is 3.19 bits per heavy atom. The van der Waals surface area contributed by atoms with Gasteiger partial charge in [0.1, 0.15) is 11.2 Å². The fourth-order valence-electron chi connectivity index (χ4n) is 3.08. The summed E-state index contributed by atoms with van der Waals surface area (Å²) in [4.78, 5) is 13.3. The van der Waals surface area contributed by atoms with E-state index in [-0.39, 0.29) is 0 Å². The number of rotatable bonds is 2. The van der Waals surface area contributed by atoms with Crippen LogP contribution >= 0.6 is 22.7 Å². The van der Waals surface area contributed by atoms with E-state index < -0.39 is 0 Å². The summed E-state index contributed by atoms with van der Waals surface area (Å²) in [5, 5.41) is 7.93. The van der Waals surface area contributed by atoms with Crippen LogP contribution in [0.3, 0.4) is 0 Å². The van der Waals surface area contributed by atoms with Crippen molar-refractivity contribution in [2.24, 2.45) is 0 Å². The van der Waals surface area contributed by atoms with E-state index in [0.29, 0.717) is 0 Å². The molecule has 0 saturated heterocycles. The zero-order chi connectivity index (χ0) is 13.8. The van der Waals surface area contributed by atoms with Gasteiger partial charge in [-0.25, -0.2) is 14.5 Å². The molecule has 0 fully saturated rings. The van der Waals surface area contributed by atoms with Crippen LogP contribution in [-0.2, 0) is 19.3 Å². The first-order valence-corrected chi connectivity index (χ1v) is 8.75. The van der Waals surface area contributed by atoms with Gasteiger partial charge in [0.25, 0.3) is 0 Å². The van der Waals surface area contributed by atoms with Crippen molar-refractivity contribution in [3.05, 3.63) is 45.0 Å². The minimum absolute atomic E-state index is 0.799. The molecule has 104 valence electrons. The van der Waals surface area contributed by atoms with Gasteiger partial charge < -0.3 is 0 Å². The van der Waals surface area contributed by atoms with Crippen LogP contribution < -0.4 is 0 Å². The summed E-state index contributed by atoms with van der Waals surface area (Å²) in [5.41, 5.74) is 2.44. The number of thiophene rings is 2. The lowest BCUT2D eigenvalue weighted by Gasteiger charge is -1.95. The molecule has 4 aromatic rings. The maximum absolute atomic E-state index is 4.79. The van der Waals surface area contributed by atoms with Crippen LogP contribution in [0.25, 0.3) is 15.9 Å². The number of aromatic nitrogens is 4. The third-order valence-corrected chi connectivity index (χ3v) is 6.07. The minimum atomic E-state index is 0.799. The van der Waals surface area contributed by atoms with Crippen LogP contribution in [0.2, 0.25) is 0 Å². The van der Waals surface area contributed by atoms with Gasteiger partial charge in [0, 0.05) is 16.2 Å². The largest absolute Gasteiger partial charge is 0.225 e. The third kappa shape index (κ3) is 1.76. The summed E-state index contributed by atoms with van der Waals surface area (Å²) in [6.07, 6.45) is 6.21. The van der Waals surface area contributed by atoms with Gasteiger partial charge >= 0.3 is 0 Å². The predicted molar refractivity (Wildman–Crippen MR) is 85.3 cm³/mol. The van der Waals surface area contributed by atoms with Crippen molar-refractivity contribution in [3.8, 4) is 0 Å². The second-order valence-corrected chi connectivity index (χ2v) is 7.45. The predicted octanol–water partition coefficient (Wildman–Crippen LogP) is 3.48. The zero-order valence-electron chi connectivity index (χ0n) is 11.2. The molecular formula is C15H12N4S2. The highest BCUT2D eigenvalue weighted by molar-refractivity contribution is 7.19. The van der Waals surface area contributed by atoms with Crippen molar-refractivity contribution < 1.29 is 0 Å². The molecule has 0 saturated carbocycles. The quantitative estimate of drug-likeness (QED) is 0.569. The average molecular weight is 312 g/mol. The first-order valence-electron chi connectivity index (χ1n) is 7.05. The standard InChI is InChI=1S/C15H12N4S2/c1-4-10-11(5-1)21-15-13(10)14-17-12(18-19(14)8-16-15)7-9-3-2-6-20-9/h2-3,6,8H,1,4-5,7H2. The Hall–Kier alpha value is -1.79. The number of nitrogens with zero attached hydrogens (tertiary/aromatic N) is 4. The first kappa shape index (κ1) is 11.8. The Bertz CT molecular complexity index is 949. The van der Waals surface area contributed by atoms with Gasteiger partial charge in [-0.1, -0.05) is 6.07 Å². The topological polar surface area (TPSA) is 43.1 Å². The highest BCUT2D eigenvalue weighted by atomic mass is 32.1. The van der Waals surface area contributed by atoms with E-state index in [1.807, 2.05) is 15.9 Å². The van der Waals surface area contributed by atoms with Crippen LogP contribution in [0.4, 0.5) is 0 Å². The summed E-state index contributed by atoms with van der Waals surface area (Å²) in [7, 11) is 0. The molecule has 0 aromatic carbocycles. The van der Waals surface area contributed by atoms with Gasteiger partial charge in [0.2, 0.25) is 0 Å². The van der Waals surface area contributed by atoms with Gasteiger partial charge in [-0.3, -0.25) is 0 Å². The minimum Gasteiger partial charge on any atom is -0.225 e. The molecule has 5 rings (SSSR count). The number of hydrogen-bond acceptors (Lipinski definition) is 5. The molecule has 0 unspecified atom stereocenters. The monoisotopic (exact) mass is 312 g/mol. The SMILES string of the molecule is c1csc(Cc2nc3c4c5c(sc4ncn3n2)CCC5)c1. The molecule has 0 radical (unpaired) electrons. The van der Waals surface area contributed by atoms with E-state index in [9.17, 15) is 0 Å². The van der Waals surface area contributed by atoms with Crippen LogP contribution in [0.15, 0.2) is 23.8 Å². The van der Waals surface area contributed by atoms with E-state index in [1.54, 1.807) is 17.7 Å². The first-order chi connectivity index (χ1) is 10.4. The van der Waals surface area contributed by atoms with E-state index in [4.69, 9.17) is 4.98 Å². The molecule has 0 amide bonds. The summed E-state index contributed by atoms with van der Waals surface area (Å²) in [6.45, 7) is 0. The van der Waals surface area contributed by atoms with Crippen molar-refractivity contribution in [2.45, 2.75) is 25.7 Å². The molecule has 0 atom stereocenters. The van der Waals surface area contributed by atoms with E-state index >= 15 is 0 Å². The molecule has 0 bridgehead atoms. The van der Waals surface area contributed by atoms with Crippen LogP contribution in [-0.4, -0.2) is 19.6 Å². The molecule has 0 aliphatic heterocycles. The Morgan fingerprint density at radius 1 is 1.29 bits per heavy atom. The zero-order valence-corrected chi connectivity index (χ0v) is 12.9. The molecule has 6 heteroatoms. The van der Waals surface area contributed by atoms with Crippen molar-refractivity contribution >= 4 is 38.5 Å². The summed E-state index contributed by atoms with van der Waals surface area (Å²) < 4.78 is 1.84.